The maximum absolute atomic E-state index is 12.4. The second-order valence-electron chi connectivity index (χ2n) is 8.16. The Bertz CT molecular complexity index is 1130. The van der Waals surface area contributed by atoms with Crippen molar-refractivity contribution in [1.29, 1.82) is 0 Å². The quantitative estimate of drug-likeness (QED) is 0.394. The Kier molecular flexibility index (Phi) is 5.66. The zero-order chi connectivity index (χ0) is 22.2. The van der Waals surface area contributed by atoms with Crippen LogP contribution in [0.25, 0.3) is 11.2 Å². The maximum Gasteiger partial charge on any atom is 0.278 e. The number of ether oxygens (including phenoxy) is 1. The molecule has 11 nitrogen and oxygen atoms in total. The first-order valence-corrected chi connectivity index (χ1v) is 10.7. The fraction of sp³-hybridized carbons (Fsp3) is 0.476. The van der Waals surface area contributed by atoms with E-state index in [4.69, 9.17) is 4.74 Å². The molecule has 3 aromatic rings. The molecule has 4 N–H and O–H groups in total. The molecule has 0 radical (unpaired) electrons. The number of aliphatic hydroxyl groups is 3. The number of anilines is 1. The summed E-state index contributed by atoms with van der Waals surface area (Å²) >= 11 is 0. The van der Waals surface area contributed by atoms with Crippen molar-refractivity contribution < 1.29 is 20.1 Å². The summed E-state index contributed by atoms with van der Waals surface area (Å²) in [6.45, 7) is 3.30. The lowest BCUT2D eigenvalue weighted by atomic mass is 10.1. The third kappa shape index (κ3) is 3.67. The highest BCUT2D eigenvalue weighted by Crippen LogP contribution is 2.35. The molecule has 4 heterocycles. The normalized spacial score (nSPS) is 26.8. The Hall–Kier alpha value is -2.83. The van der Waals surface area contributed by atoms with Crippen molar-refractivity contribution in [3.8, 4) is 0 Å². The molecule has 5 rings (SSSR count). The van der Waals surface area contributed by atoms with Crippen LogP contribution in [-0.4, -0.2) is 90.8 Å². The molecule has 2 aliphatic heterocycles. The third-order valence-corrected chi connectivity index (χ3v) is 6.14. The Morgan fingerprint density at radius 1 is 1.09 bits per heavy atom. The molecule has 0 unspecified atom stereocenters. The molecule has 0 bridgehead atoms. The number of H-pyrrole nitrogens is 1. The number of aliphatic hydroxyl groups excluding tert-OH is 3. The van der Waals surface area contributed by atoms with Gasteiger partial charge < -0.3 is 29.9 Å². The van der Waals surface area contributed by atoms with Gasteiger partial charge in [-0.15, -0.1) is 0 Å². The van der Waals surface area contributed by atoms with Gasteiger partial charge in [-0.05, 0) is 5.56 Å². The molecule has 170 valence electrons. The molecule has 0 spiro atoms. The molecule has 2 aliphatic rings. The van der Waals surface area contributed by atoms with Crippen LogP contribution >= 0.6 is 0 Å². The number of aromatic nitrogens is 4. The second kappa shape index (κ2) is 8.60. The lowest BCUT2D eigenvalue weighted by Crippen LogP contribution is -2.47. The number of hydrogen-bond donors (Lipinski definition) is 4. The zero-order valence-electron chi connectivity index (χ0n) is 17.4. The smallest absolute Gasteiger partial charge is 0.278 e. The van der Waals surface area contributed by atoms with Crippen molar-refractivity contribution in [3.05, 3.63) is 52.6 Å². The van der Waals surface area contributed by atoms with E-state index in [9.17, 15) is 20.1 Å². The summed E-state index contributed by atoms with van der Waals surface area (Å²) in [6.07, 6.45) is -3.27. The Labute approximate surface area is 183 Å². The number of fused-ring (bicyclic) bond motifs is 1. The lowest BCUT2D eigenvalue weighted by molar-refractivity contribution is -0.0505. The summed E-state index contributed by atoms with van der Waals surface area (Å²) in [4.78, 5) is 28.0. The number of nitrogens with one attached hydrogen (secondary N) is 1. The van der Waals surface area contributed by atoms with Crippen molar-refractivity contribution in [2.75, 3.05) is 37.7 Å². The van der Waals surface area contributed by atoms with Gasteiger partial charge in [0.05, 0.1) is 12.9 Å². The molecule has 0 amide bonds. The van der Waals surface area contributed by atoms with Gasteiger partial charge in [0.15, 0.2) is 17.4 Å². The van der Waals surface area contributed by atoms with E-state index in [1.807, 2.05) is 23.1 Å². The molecule has 2 fully saturated rings. The first-order chi connectivity index (χ1) is 15.6. The van der Waals surface area contributed by atoms with E-state index in [1.54, 1.807) is 4.57 Å². The van der Waals surface area contributed by atoms with E-state index in [0.717, 1.165) is 19.6 Å². The molecular formula is C21H26N6O5. The molecular weight excluding hydrogens is 416 g/mol. The average Bonchev–Trinajstić information content (AvgIpc) is 3.33. The van der Waals surface area contributed by atoms with Crippen molar-refractivity contribution in [2.45, 2.75) is 31.1 Å². The van der Waals surface area contributed by atoms with Gasteiger partial charge in [-0.3, -0.25) is 14.3 Å². The monoisotopic (exact) mass is 442 g/mol. The highest BCUT2D eigenvalue weighted by Gasteiger charge is 2.45. The number of hydrogen-bond acceptors (Lipinski definition) is 9. The Morgan fingerprint density at radius 3 is 2.53 bits per heavy atom. The van der Waals surface area contributed by atoms with Crippen molar-refractivity contribution in [2.24, 2.45) is 0 Å². The second-order valence-corrected chi connectivity index (χ2v) is 8.16. The van der Waals surface area contributed by atoms with Crippen LogP contribution in [0.5, 0.6) is 0 Å². The lowest BCUT2D eigenvalue weighted by Gasteiger charge is -2.36. The summed E-state index contributed by atoms with van der Waals surface area (Å²) in [5.74, 6) is 0.443. The molecule has 1 aromatic carbocycles. The van der Waals surface area contributed by atoms with Gasteiger partial charge in [0.25, 0.3) is 5.56 Å². The third-order valence-electron chi connectivity index (χ3n) is 6.14. The molecule has 0 aliphatic carbocycles. The summed E-state index contributed by atoms with van der Waals surface area (Å²) < 4.78 is 7.30. The van der Waals surface area contributed by atoms with Gasteiger partial charge in [-0.25, -0.2) is 9.97 Å². The number of imidazole rings is 1. The number of benzene rings is 1. The average molecular weight is 442 g/mol. The van der Waals surface area contributed by atoms with E-state index in [0.29, 0.717) is 19.0 Å². The molecule has 4 atom stereocenters. The zero-order valence-corrected chi connectivity index (χ0v) is 17.4. The van der Waals surface area contributed by atoms with Gasteiger partial charge >= 0.3 is 0 Å². The highest BCUT2D eigenvalue weighted by atomic mass is 16.6. The van der Waals surface area contributed by atoms with Gasteiger partial charge in [-0.2, -0.15) is 0 Å². The summed E-state index contributed by atoms with van der Waals surface area (Å²) in [7, 11) is 0. The van der Waals surface area contributed by atoms with E-state index in [1.165, 1.54) is 11.9 Å². The Balaban J connectivity index is 1.44. The summed E-state index contributed by atoms with van der Waals surface area (Å²) in [5.41, 5.74) is 1.23. The number of aromatic amines is 1. The van der Waals surface area contributed by atoms with Gasteiger partial charge in [0.1, 0.15) is 18.3 Å². The molecule has 2 saturated heterocycles. The van der Waals surface area contributed by atoms with Crippen LogP contribution < -0.4 is 10.5 Å². The number of piperazine rings is 1. The van der Waals surface area contributed by atoms with Crippen LogP contribution in [-0.2, 0) is 11.3 Å². The van der Waals surface area contributed by atoms with Crippen molar-refractivity contribution in [3.63, 3.8) is 0 Å². The van der Waals surface area contributed by atoms with Crippen molar-refractivity contribution >= 4 is 17.1 Å². The standard InChI is InChI=1S/C21H26N6O5/c28-11-14-16(29)17(30)20(32-14)27-18-15(19(31)23-12-22-18)24-21(27)26-8-6-25(7-9-26)10-13-4-2-1-3-5-13/h1-5,12,14,16-17,20,28-30H,6-11H2,(H,22,23,31)/t14-,16+,17+,20-/m0/s1. The minimum absolute atomic E-state index is 0.131. The topological polar surface area (TPSA) is 140 Å². The first-order valence-electron chi connectivity index (χ1n) is 10.7. The van der Waals surface area contributed by atoms with E-state index in [2.05, 4.69) is 32.0 Å². The van der Waals surface area contributed by atoms with Crippen LogP contribution in [0.1, 0.15) is 11.8 Å². The summed E-state index contributed by atoms with van der Waals surface area (Å²) in [5, 5.41) is 30.4. The molecule has 2 aromatic heterocycles. The first kappa shape index (κ1) is 21.0. The SMILES string of the molecule is O=c1[nH]cnc2c1nc(N1CCN(Cc3ccccc3)CC1)n2[C@H]1O[C@@H](CO)[C@@H](O)[C@H]1O. The predicted octanol–water partition coefficient (Wildman–Crippen LogP) is -0.947. The minimum atomic E-state index is -1.30. The maximum atomic E-state index is 12.4. The fourth-order valence-corrected chi connectivity index (χ4v) is 4.41. The highest BCUT2D eigenvalue weighted by molar-refractivity contribution is 5.74. The van der Waals surface area contributed by atoms with Gasteiger partial charge in [0, 0.05) is 32.7 Å². The van der Waals surface area contributed by atoms with Crippen LogP contribution in [0.3, 0.4) is 0 Å². The van der Waals surface area contributed by atoms with E-state index < -0.39 is 36.7 Å². The van der Waals surface area contributed by atoms with Crippen LogP contribution in [0.4, 0.5) is 5.95 Å². The van der Waals surface area contributed by atoms with Crippen LogP contribution in [0.2, 0.25) is 0 Å². The van der Waals surface area contributed by atoms with E-state index >= 15 is 0 Å². The summed E-state index contributed by atoms with van der Waals surface area (Å²) in [6, 6.07) is 10.3. The molecule has 11 heteroatoms. The fourth-order valence-electron chi connectivity index (χ4n) is 4.41. The number of nitrogens with zero attached hydrogens (tertiary/aromatic N) is 5. The number of rotatable bonds is 5. The molecule has 32 heavy (non-hydrogen) atoms. The van der Waals surface area contributed by atoms with Crippen molar-refractivity contribution in [1.82, 2.24) is 24.4 Å². The minimum Gasteiger partial charge on any atom is -0.394 e. The van der Waals surface area contributed by atoms with Crippen LogP contribution in [0.15, 0.2) is 41.5 Å². The Morgan fingerprint density at radius 2 is 1.84 bits per heavy atom. The van der Waals surface area contributed by atoms with Gasteiger partial charge in [-0.1, -0.05) is 30.3 Å². The molecule has 0 saturated carbocycles. The largest absolute Gasteiger partial charge is 0.394 e. The predicted molar refractivity (Wildman–Crippen MR) is 115 cm³/mol. The van der Waals surface area contributed by atoms with Crippen LogP contribution in [0, 0.1) is 0 Å². The van der Waals surface area contributed by atoms with E-state index in [-0.39, 0.29) is 11.2 Å². The van der Waals surface area contributed by atoms with Gasteiger partial charge in [0.2, 0.25) is 5.95 Å².